The van der Waals surface area contributed by atoms with Crippen LogP contribution in [-0.4, -0.2) is 50.8 Å². The quantitative estimate of drug-likeness (QED) is 0.492. The number of halogens is 5. The van der Waals surface area contributed by atoms with E-state index < -0.39 is 42.4 Å². The van der Waals surface area contributed by atoms with Crippen molar-refractivity contribution in [2.45, 2.75) is 39.2 Å². The van der Waals surface area contributed by atoms with Gasteiger partial charge in [-0.05, 0) is 37.6 Å². The van der Waals surface area contributed by atoms with Crippen LogP contribution in [0, 0.1) is 31.4 Å². The normalized spacial score (nSPS) is 18.4. The molecule has 1 saturated heterocycles. The smallest absolute Gasteiger partial charge is 0.407 e. The Morgan fingerprint density at radius 2 is 1.91 bits per heavy atom. The maximum absolute atomic E-state index is 14.0. The maximum Gasteiger partial charge on any atom is 0.407 e. The Morgan fingerprint density at radius 3 is 2.54 bits per heavy atom. The number of fused-ring (bicyclic) bond motifs is 1. The predicted octanol–water partition coefficient (Wildman–Crippen LogP) is 4.44. The van der Waals surface area contributed by atoms with Crippen LogP contribution in [0.5, 0.6) is 5.75 Å². The van der Waals surface area contributed by atoms with E-state index in [9.17, 15) is 26.7 Å². The Balaban J connectivity index is 1.58. The first-order chi connectivity index (χ1) is 16.5. The van der Waals surface area contributed by atoms with Gasteiger partial charge in [0.25, 0.3) is 0 Å². The number of hydrogen-bond acceptors (Lipinski definition) is 4. The van der Waals surface area contributed by atoms with E-state index in [1.165, 1.54) is 6.07 Å². The van der Waals surface area contributed by atoms with Crippen LogP contribution >= 0.6 is 0 Å². The van der Waals surface area contributed by atoms with Crippen molar-refractivity contribution < 1.29 is 36.6 Å². The molecule has 1 amide bonds. The lowest BCUT2D eigenvalue weighted by Gasteiger charge is -2.22. The molecule has 7 nitrogen and oxygen atoms in total. The molecule has 0 bridgehead atoms. The highest BCUT2D eigenvalue weighted by molar-refractivity contribution is 5.65. The summed E-state index contributed by atoms with van der Waals surface area (Å²) in [5.74, 6) is -3.07. The van der Waals surface area contributed by atoms with Gasteiger partial charge < -0.3 is 20.1 Å². The number of likely N-dealkylation sites (tertiary alicyclic amines) is 1. The van der Waals surface area contributed by atoms with Gasteiger partial charge in [-0.2, -0.15) is 13.2 Å². The highest BCUT2D eigenvalue weighted by atomic mass is 19.4. The SMILES string of the molecule is Cc1cc(OCc2c(F)cccc2F)c2nc(C)c(CNC3CN(C(=O)O)CC3C(F)(F)F)n2c1. The van der Waals surface area contributed by atoms with E-state index in [2.05, 4.69) is 10.3 Å². The van der Waals surface area contributed by atoms with Crippen LogP contribution in [0.4, 0.5) is 26.7 Å². The molecule has 0 aliphatic carbocycles. The van der Waals surface area contributed by atoms with Gasteiger partial charge in [0.05, 0.1) is 22.9 Å². The number of nitrogens with one attached hydrogen (secondary N) is 1. The van der Waals surface area contributed by atoms with Crippen molar-refractivity contribution in [1.29, 1.82) is 0 Å². The monoisotopic (exact) mass is 498 g/mol. The minimum atomic E-state index is -4.56. The molecule has 2 aromatic heterocycles. The second kappa shape index (κ2) is 9.33. The molecule has 4 rings (SSSR count). The van der Waals surface area contributed by atoms with Gasteiger partial charge in [0.15, 0.2) is 11.4 Å². The van der Waals surface area contributed by atoms with Crippen molar-refractivity contribution in [3.63, 3.8) is 0 Å². The predicted molar refractivity (Wildman–Crippen MR) is 115 cm³/mol. The van der Waals surface area contributed by atoms with Crippen LogP contribution in [-0.2, 0) is 13.2 Å². The van der Waals surface area contributed by atoms with Gasteiger partial charge >= 0.3 is 12.3 Å². The number of benzene rings is 1. The molecule has 1 aliphatic rings. The topological polar surface area (TPSA) is 79.1 Å². The summed E-state index contributed by atoms with van der Waals surface area (Å²) in [4.78, 5) is 16.4. The van der Waals surface area contributed by atoms with E-state index in [0.717, 1.165) is 22.6 Å². The summed E-state index contributed by atoms with van der Waals surface area (Å²) in [6.45, 7) is 2.13. The molecule has 0 radical (unpaired) electrons. The summed E-state index contributed by atoms with van der Waals surface area (Å²) in [6, 6.07) is 4.03. The number of pyridine rings is 1. The van der Waals surface area contributed by atoms with Gasteiger partial charge in [0.2, 0.25) is 0 Å². The first-order valence-corrected chi connectivity index (χ1v) is 10.8. The molecule has 2 N–H and O–H groups in total. The zero-order valence-corrected chi connectivity index (χ0v) is 18.9. The Kier molecular flexibility index (Phi) is 6.58. The van der Waals surface area contributed by atoms with Crippen LogP contribution in [0.2, 0.25) is 0 Å². The average molecular weight is 498 g/mol. The Bertz CT molecular complexity index is 1240. The fourth-order valence-electron chi connectivity index (χ4n) is 4.27. The van der Waals surface area contributed by atoms with Crippen molar-refractivity contribution in [2.24, 2.45) is 5.92 Å². The molecule has 3 aromatic rings. The fourth-order valence-corrected chi connectivity index (χ4v) is 4.27. The van der Waals surface area contributed by atoms with Crippen molar-refractivity contribution in [1.82, 2.24) is 19.6 Å². The second-order valence-electron chi connectivity index (χ2n) is 8.53. The molecule has 1 fully saturated rings. The molecule has 35 heavy (non-hydrogen) atoms. The van der Waals surface area contributed by atoms with Crippen molar-refractivity contribution in [2.75, 3.05) is 13.1 Å². The molecular formula is C23H23F5N4O3. The number of ether oxygens (including phenoxy) is 1. The van der Waals surface area contributed by atoms with E-state index in [0.29, 0.717) is 17.0 Å². The zero-order valence-electron chi connectivity index (χ0n) is 18.9. The van der Waals surface area contributed by atoms with E-state index in [1.54, 1.807) is 30.5 Å². The van der Waals surface area contributed by atoms with Crippen LogP contribution in [0.25, 0.3) is 5.65 Å². The molecular weight excluding hydrogens is 475 g/mol. The van der Waals surface area contributed by atoms with E-state index in [-0.39, 0.29) is 31.0 Å². The maximum atomic E-state index is 14.0. The molecule has 2 unspecified atom stereocenters. The largest absolute Gasteiger partial charge is 0.485 e. The van der Waals surface area contributed by atoms with Crippen LogP contribution in [0.3, 0.4) is 0 Å². The Morgan fingerprint density at radius 1 is 1.23 bits per heavy atom. The number of carboxylic acid groups (broad SMARTS) is 1. The van der Waals surface area contributed by atoms with Crippen molar-refractivity contribution in [3.8, 4) is 5.75 Å². The van der Waals surface area contributed by atoms with Crippen LogP contribution in [0.1, 0.15) is 22.5 Å². The first-order valence-electron chi connectivity index (χ1n) is 10.8. The van der Waals surface area contributed by atoms with Crippen molar-refractivity contribution in [3.05, 3.63) is 64.6 Å². The summed E-state index contributed by atoms with van der Waals surface area (Å²) in [7, 11) is 0. The fraction of sp³-hybridized carbons (Fsp3) is 0.391. The standard InChI is InChI=1S/C23H23F5N4O3/c1-12-6-20(35-11-14-16(24)4-3-5-17(14)25)21-30-13(2)19(32(21)8-12)7-29-18-10-31(22(33)34)9-15(18)23(26,27)28/h3-6,8,15,18,29H,7,9-11H2,1-2H3,(H,33,34). The van der Waals surface area contributed by atoms with Gasteiger partial charge in [0.1, 0.15) is 18.2 Å². The first kappa shape index (κ1) is 24.7. The molecule has 0 spiro atoms. The number of nitrogens with zero attached hydrogens (tertiary/aromatic N) is 3. The summed E-state index contributed by atoms with van der Waals surface area (Å²) in [6.07, 6.45) is -4.24. The number of carbonyl (C=O) groups is 1. The van der Waals surface area contributed by atoms with Crippen LogP contribution < -0.4 is 10.1 Å². The number of aryl methyl sites for hydroxylation is 2. The van der Waals surface area contributed by atoms with Gasteiger partial charge in [-0.3, -0.25) is 4.40 Å². The Labute approximate surface area is 197 Å². The summed E-state index contributed by atoms with van der Waals surface area (Å²) in [5, 5.41) is 12.0. The third kappa shape index (κ3) is 5.02. The van der Waals surface area contributed by atoms with Gasteiger partial charge in [-0.15, -0.1) is 0 Å². The lowest BCUT2D eigenvalue weighted by atomic mass is 10.0. The van der Waals surface area contributed by atoms with Gasteiger partial charge in [-0.1, -0.05) is 6.07 Å². The number of aromatic nitrogens is 2. The summed E-state index contributed by atoms with van der Waals surface area (Å²) < 4.78 is 75.8. The second-order valence-corrected chi connectivity index (χ2v) is 8.53. The molecule has 2 atom stereocenters. The van der Waals surface area contributed by atoms with Gasteiger partial charge in [-0.25, -0.2) is 18.6 Å². The number of alkyl halides is 3. The molecule has 188 valence electrons. The van der Waals surface area contributed by atoms with Crippen molar-refractivity contribution >= 4 is 11.7 Å². The molecule has 3 heterocycles. The third-order valence-electron chi connectivity index (χ3n) is 6.10. The minimum absolute atomic E-state index is 0.0114. The molecule has 0 saturated carbocycles. The number of rotatable bonds is 6. The number of amides is 1. The highest BCUT2D eigenvalue weighted by Gasteiger charge is 2.50. The average Bonchev–Trinajstić information content (AvgIpc) is 3.33. The third-order valence-corrected chi connectivity index (χ3v) is 6.10. The lowest BCUT2D eigenvalue weighted by Crippen LogP contribution is -2.42. The van der Waals surface area contributed by atoms with Crippen LogP contribution in [0.15, 0.2) is 30.5 Å². The van der Waals surface area contributed by atoms with Gasteiger partial charge in [0, 0.05) is 31.9 Å². The van der Waals surface area contributed by atoms with E-state index in [4.69, 9.17) is 9.84 Å². The molecule has 1 aliphatic heterocycles. The molecule has 1 aromatic carbocycles. The number of hydrogen-bond donors (Lipinski definition) is 2. The lowest BCUT2D eigenvalue weighted by molar-refractivity contribution is -0.175. The summed E-state index contributed by atoms with van der Waals surface area (Å²) >= 11 is 0. The van der Waals surface area contributed by atoms with E-state index >= 15 is 0 Å². The number of imidazole rings is 1. The minimum Gasteiger partial charge on any atom is -0.485 e. The Hall–Kier alpha value is -3.41. The zero-order chi connectivity index (χ0) is 25.5. The summed E-state index contributed by atoms with van der Waals surface area (Å²) in [5.41, 5.74) is 1.90. The highest BCUT2D eigenvalue weighted by Crippen LogP contribution is 2.34. The van der Waals surface area contributed by atoms with E-state index in [1.807, 2.05) is 0 Å². The molecule has 12 heteroatoms.